The van der Waals surface area contributed by atoms with Crippen LogP contribution in [-0.4, -0.2) is 11.0 Å². The number of nitrogens with zero attached hydrogens (tertiary/aromatic N) is 1. The summed E-state index contributed by atoms with van der Waals surface area (Å²) in [5.41, 5.74) is 0.830. The first-order valence-electron chi connectivity index (χ1n) is 5.37. The molecule has 0 unspecified atom stereocenters. The van der Waals surface area contributed by atoms with Gasteiger partial charge in [-0.25, -0.2) is 0 Å². The zero-order valence-corrected chi connectivity index (χ0v) is 10.9. The van der Waals surface area contributed by atoms with Crippen molar-refractivity contribution in [3.05, 3.63) is 31.9 Å². The summed E-state index contributed by atoms with van der Waals surface area (Å²) >= 11 is 2.17. The van der Waals surface area contributed by atoms with Crippen LogP contribution in [0.4, 0.5) is 11.4 Å². The number of benzene rings is 1. The number of anilines is 1. The van der Waals surface area contributed by atoms with Crippen LogP contribution in [0, 0.1) is 13.7 Å². The molecule has 1 aliphatic carbocycles. The minimum atomic E-state index is -0.326. The first-order valence-corrected chi connectivity index (χ1v) is 6.45. The van der Waals surface area contributed by atoms with E-state index in [0.717, 1.165) is 16.4 Å². The van der Waals surface area contributed by atoms with E-state index >= 15 is 0 Å². The summed E-state index contributed by atoms with van der Waals surface area (Å²) in [7, 11) is 0. The Morgan fingerprint density at radius 1 is 1.38 bits per heavy atom. The lowest BCUT2D eigenvalue weighted by Crippen LogP contribution is -2.15. The molecule has 1 fully saturated rings. The predicted molar refractivity (Wildman–Crippen MR) is 71.7 cm³/mol. The molecule has 1 aromatic carbocycles. The standard InChI is InChI=1S/C11H13IN2O2/c12-8-5-6-11(14(15)16)10(7-8)13-9-3-1-2-4-9/h5-7,9,13H,1-4H2. The zero-order chi connectivity index (χ0) is 11.5. The highest BCUT2D eigenvalue weighted by Gasteiger charge is 2.19. The molecule has 1 N–H and O–H groups in total. The van der Waals surface area contributed by atoms with Crippen LogP contribution in [0.2, 0.25) is 0 Å². The lowest BCUT2D eigenvalue weighted by Gasteiger charge is -2.13. The van der Waals surface area contributed by atoms with Gasteiger partial charge in [0, 0.05) is 15.7 Å². The second-order valence-electron chi connectivity index (χ2n) is 4.04. The van der Waals surface area contributed by atoms with Crippen molar-refractivity contribution >= 4 is 34.0 Å². The van der Waals surface area contributed by atoms with E-state index in [1.807, 2.05) is 6.07 Å². The molecular formula is C11H13IN2O2. The Labute approximate surface area is 108 Å². The van der Waals surface area contributed by atoms with Crippen molar-refractivity contribution in [3.63, 3.8) is 0 Å². The average Bonchev–Trinajstić information content (AvgIpc) is 2.70. The highest BCUT2D eigenvalue weighted by atomic mass is 127. The van der Waals surface area contributed by atoms with Gasteiger partial charge in [0.25, 0.3) is 5.69 Å². The summed E-state index contributed by atoms with van der Waals surface area (Å²) in [5.74, 6) is 0. The molecule has 86 valence electrons. The molecule has 0 aliphatic heterocycles. The fourth-order valence-corrected chi connectivity index (χ4v) is 2.56. The van der Waals surface area contributed by atoms with E-state index in [1.54, 1.807) is 12.1 Å². The normalized spacial score (nSPS) is 16.3. The average molecular weight is 332 g/mol. The van der Waals surface area contributed by atoms with E-state index in [4.69, 9.17) is 0 Å². The van der Waals surface area contributed by atoms with Crippen LogP contribution in [0.3, 0.4) is 0 Å². The number of nitro groups is 1. The maximum atomic E-state index is 10.9. The number of rotatable bonds is 3. The molecule has 16 heavy (non-hydrogen) atoms. The van der Waals surface area contributed by atoms with Gasteiger partial charge in [0.2, 0.25) is 0 Å². The Morgan fingerprint density at radius 3 is 2.69 bits per heavy atom. The highest BCUT2D eigenvalue weighted by molar-refractivity contribution is 14.1. The van der Waals surface area contributed by atoms with Crippen molar-refractivity contribution in [2.75, 3.05) is 5.32 Å². The Kier molecular flexibility index (Phi) is 3.63. The number of nitrogens with one attached hydrogen (secondary N) is 1. The molecule has 0 saturated heterocycles. The van der Waals surface area contributed by atoms with E-state index in [2.05, 4.69) is 27.9 Å². The summed E-state index contributed by atoms with van der Waals surface area (Å²) < 4.78 is 1.02. The maximum absolute atomic E-state index is 10.9. The molecule has 1 saturated carbocycles. The Hall–Kier alpha value is -0.850. The molecule has 0 bridgehead atoms. The van der Waals surface area contributed by atoms with E-state index < -0.39 is 0 Å². The van der Waals surface area contributed by atoms with Gasteiger partial charge in [-0.2, -0.15) is 0 Å². The summed E-state index contributed by atoms with van der Waals surface area (Å²) in [4.78, 5) is 10.5. The fraction of sp³-hybridized carbons (Fsp3) is 0.455. The zero-order valence-electron chi connectivity index (χ0n) is 8.78. The lowest BCUT2D eigenvalue weighted by atomic mass is 10.2. The summed E-state index contributed by atoms with van der Waals surface area (Å²) in [6.45, 7) is 0. The molecule has 2 rings (SSSR count). The van der Waals surface area contributed by atoms with Gasteiger partial charge in [-0.15, -0.1) is 0 Å². The van der Waals surface area contributed by atoms with Crippen molar-refractivity contribution in [3.8, 4) is 0 Å². The van der Waals surface area contributed by atoms with Gasteiger partial charge in [-0.05, 0) is 47.6 Å². The monoisotopic (exact) mass is 332 g/mol. The smallest absolute Gasteiger partial charge is 0.292 e. The van der Waals surface area contributed by atoms with Crippen LogP contribution in [0.15, 0.2) is 18.2 Å². The van der Waals surface area contributed by atoms with Gasteiger partial charge in [0.1, 0.15) is 5.69 Å². The van der Waals surface area contributed by atoms with E-state index in [0.29, 0.717) is 11.7 Å². The van der Waals surface area contributed by atoms with Gasteiger partial charge in [0.05, 0.1) is 4.92 Å². The lowest BCUT2D eigenvalue weighted by molar-refractivity contribution is -0.384. The minimum absolute atomic E-state index is 0.173. The number of halogens is 1. The third kappa shape index (κ3) is 2.63. The van der Waals surface area contributed by atoms with Gasteiger partial charge in [-0.3, -0.25) is 10.1 Å². The number of nitro benzene ring substituents is 1. The van der Waals surface area contributed by atoms with Crippen LogP contribution < -0.4 is 5.32 Å². The van der Waals surface area contributed by atoms with Crippen molar-refractivity contribution < 1.29 is 4.92 Å². The van der Waals surface area contributed by atoms with Gasteiger partial charge < -0.3 is 5.32 Å². The van der Waals surface area contributed by atoms with Crippen molar-refractivity contribution in [2.45, 2.75) is 31.7 Å². The molecule has 1 aromatic rings. The van der Waals surface area contributed by atoms with E-state index in [9.17, 15) is 10.1 Å². The number of hydrogen-bond donors (Lipinski definition) is 1. The van der Waals surface area contributed by atoms with Gasteiger partial charge in [0.15, 0.2) is 0 Å². The molecule has 0 heterocycles. The van der Waals surface area contributed by atoms with E-state index in [-0.39, 0.29) is 10.6 Å². The second kappa shape index (κ2) is 4.99. The van der Waals surface area contributed by atoms with Crippen LogP contribution >= 0.6 is 22.6 Å². The first kappa shape index (κ1) is 11.6. The molecule has 1 aliphatic rings. The molecule has 0 amide bonds. The van der Waals surface area contributed by atoms with Crippen molar-refractivity contribution in [1.29, 1.82) is 0 Å². The Balaban J connectivity index is 2.22. The summed E-state index contributed by atoms with van der Waals surface area (Å²) in [6, 6.07) is 5.58. The molecule has 5 heteroatoms. The Morgan fingerprint density at radius 2 is 2.06 bits per heavy atom. The maximum Gasteiger partial charge on any atom is 0.292 e. The second-order valence-corrected chi connectivity index (χ2v) is 5.29. The molecule has 0 atom stereocenters. The molecule has 0 radical (unpaired) electrons. The van der Waals surface area contributed by atoms with Crippen LogP contribution in [0.5, 0.6) is 0 Å². The molecule has 0 aromatic heterocycles. The third-order valence-corrected chi connectivity index (χ3v) is 3.54. The number of hydrogen-bond acceptors (Lipinski definition) is 3. The highest BCUT2D eigenvalue weighted by Crippen LogP contribution is 2.30. The topological polar surface area (TPSA) is 55.2 Å². The van der Waals surface area contributed by atoms with E-state index in [1.165, 1.54) is 12.8 Å². The minimum Gasteiger partial charge on any atom is -0.377 e. The van der Waals surface area contributed by atoms with Crippen LogP contribution in [0.25, 0.3) is 0 Å². The summed E-state index contributed by atoms with van der Waals surface area (Å²) in [5, 5.41) is 14.2. The third-order valence-electron chi connectivity index (χ3n) is 2.87. The van der Waals surface area contributed by atoms with Gasteiger partial charge in [-0.1, -0.05) is 12.8 Å². The molecular weight excluding hydrogens is 319 g/mol. The fourth-order valence-electron chi connectivity index (χ4n) is 2.07. The van der Waals surface area contributed by atoms with Crippen molar-refractivity contribution in [1.82, 2.24) is 0 Å². The van der Waals surface area contributed by atoms with Crippen molar-refractivity contribution in [2.24, 2.45) is 0 Å². The molecule has 4 nitrogen and oxygen atoms in total. The SMILES string of the molecule is O=[N+]([O-])c1ccc(I)cc1NC1CCCC1. The summed E-state index contributed by atoms with van der Waals surface area (Å²) in [6.07, 6.45) is 4.66. The first-order chi connectivity index (χ1) is 7.66. The largest absolute Gasteiger partial charge is 0.377 e. The van der Waals surface area contributed by atoms with Crippen LogP contribution in [0.1, 0.15) is 25.7 Å². The molecule has 0 spiro atoms. The quantitative estimate of drug-likeness (QED) is 0.523. The Bertz CT molecular complexity index is 403. The predicted octanol–water partition coefficient (Wildman–Crippen LogP) is 3.55. The van der Waals surface area contributed by atoms with Crippen LogP contribution in [-0.2, 0) is 0 Å². The van der Waals surface area contributed by atoms with Gasteiger partial charge >= 0.3 is 0 Å².